The topological polar surface area (TPSA) is 0 Å². The standard InChI is InChI=1S/C8H17F/c1-7(2)8(3)5-4-6-9/h7-8H,4-6H2,1-3H3/t8-/m0/s1. The summed E-state index contributed by atoms with van der Waals surface area (Å²) in [4.78, 5) is 0. The molecule has 0 aliphatic carbocycles. The zero-order valence-electron chi connectivity index (χ0n) is 6.65. The predicted molar refractivity (Wildman–Crippen MR) is 39.2 cm³/mol. The molecule has 56 valence electrons. The van der Waals surface area contributed by atoms with E-state index in [9.17, 15) is 4.39 Å². The highest BCUT2D eigenvalue weighted by molar-refractivity contribution is 4.56. The number of rotatable bonds is 4. The van der Waals surface area contributed by atoms with E-state index < -0.39 is 0 Å². The van der Waals surface area contributed by atoms with Gasteiger partial charge in [-0.25, -0.2) is 0 Å². The maximum atomic E-state index is 11.6. The molecule has 0 aliphatic heterocycles. The third kappa shape index (κ3) is 4.43. The Morgan fingerprint density at radius 2 is 1.78 bits per heavy atom. The minimum atomic E-state index is -0.156. The highest BCUT2D eigenvalue weighted by Gasteiger charge is 2.05. The van der Waals surface area contributed by atoms with E-state index in [4.69, 9.17) is 0 Å². The SMILES string of the molecule is CC(C)[C@@H](C)CCCF. The van der Waals surface area contributed by atoms with Gasteiger partial charge in [0.25, 0.3) is 0 Å². The first-order valence-electron chi connectivity index (χ1n) is 3.74. The molecule has 1 atom stereocenters. The number of hydrogen-bond donors (Lipinski definition) is 0. The first-order chi connectivity index (χ1) is 4.18. The molecule has 0 saturated carbocycles. The van der Waals surface area contributed by atoms with Crippen molar-refractivity contribution in [1.82, 2.24) is 0 Å². The van der Waals surface area contributed by atoms with E-state index in [1.807, 2.05) is 0 Å². The largest absolute Gasteiger partial charge is 0.251 e. The number of halogens is 1. The van der Waals surface area contributed by atoms with Crippen LogP contribution in [0, 0.1) is 11.8 Å². The van der Waals surface area contributed by atoms with E-state index in [1.54, 1.807) is 0 Å². The average Bonchev–Trinajstić information content (AvgIpc) is 1.82. The highest BCUT2D eigenvalue weighted by Crippen LogP contribution is 2.15. The summed E-state index contributed by atoms with van der Waals surface area (Å²) in [6.45, 7) is 6.39. The molecule has 0 rings (SSSR count). The summed E-state index contributed by atoms with van der Waals surface area (Å²) in [5.41, 5.74) is 0. The van der Waals surface area contributed by atoms with Gasteiger partial charge in [-0.1, -0.05) is 20.8 Å². The molecule has 9 heavy (non-hydrogen) atoms. The van der Waals surface area contributed by atoms with Crippen LogP contribution in [0.5, 0.6) is 0 Å². The summed E-state index contributed by atoms with van der Waals surface area (Å²) in [6.07, 6.45) is 1.77. The molecule has 0 saturated heterocycles. The monoisotopic (exact) mass is 132 g/mol. The van der Waals surface area contributed by atoms with Crippen molar-refractivity contribution < 1.29 is 4.39 Å². The molecule has 0 nitrogen and oxygen atoms in total. The Morgan fingerprint density at radius 1 is 1.22 bits per heavy atom. The summed E-state index contributed by atoms with van der Waals surface area (Å²) >= 11 is 0. The van der Waals surface area contributed by atoms with E-state index >= 15 is 0 Å². The second-order valence-electron chi connectivity index (χ2n) is 3.05. The maximum absolute atomic E-state index is 11.6. The fourth-order valence-corrected chi connectivity index (χ4v) is 0.732. The lowest BCUT2D eigenvalue weighted by molar-refractivity contribution is 0.352. The van der Waals surface area contributed by atoms with Gasteiger partial charge in [0.1, 0.15) is 0 Å². The summed E-state index contributed by atoms with van der Waals surface area (Å²) in [5, 5.41) is 0. The fourth-order valence-electron chi connectivity index (χ4n) is 0.732. The molecule has 0 bridgehead atoms. The van der Waals surface area contributed by atoms with Crippen LogP contribution in [-0.2, 0) is 0 Å². The van der Waals surface area contributed by atoms with Gasteiger partial charge in [-0.3, -0.25) is 4.39 Å². The van der Waals surface area contributed by atoms with Crippen molar-refractivity contribution in [2.75, 3.05) is 6.67 Å². The first-order valence-corrected chi connectivity index (χ1v) is 3.74. The van der Waals surface area contributed by atoms with Gasteiger partial charge in [0.2, 0.25) is 0 Å². The second kappa shape index (κ2) is 4.78. The molecule has 0 aliphatic rings. The lowest BCUT2D eigenvalue weighted by Crippen LogP contribution is -2.03. The van der Waals surface area contributed by atoms with Crippen LogP contribution < -0.4 is 0 Å². The van der Waals surface area contributed by atoms with Crippen molar-refractivity contribution in [3.05, 3.63) is 0 Å². The van der Waals surface area contributed by atoms with Crippen molar-refractivity contribution in [2.24, 2.45) is 11.8 Å². The quantitative estimate of drug-likeness (QED) is 0.551. The molecule has 0 N–H and O–H groups in total. The molecule has 0 spiro atoms. The lowest BCUT2D eigenvalue weighted by atomic mass is 9.94. The molecule has 0 heterocycles. The van der Waals surface area contributed by atoms with Crippen molar-refractivity contribution in [3.63, 3.8) is 0 Å². The van der Waals surface area contributed by atoms with E-state index in [0.29, 0.717) is 11.8 Å². The zero-order chi connectivity index (χ0) is 7.28. The number of hydrogen-bond acceptors (Lipinski definition) is 0. The van der Waals surface area contributed by atoms with Gasteiger partial charge >= 0.3 is 0 Å². The molecule has 0 aromatic heterocycles. The van der Waals surface area contributed by atoms with Gasteiger partial charge < -0.3 is 0 Å². The molecular formula is C8H17F. The van der Waals surface area contributed by atoms with Crippen LogP contribution in [0.1, 0.15) is 33.6 Å². The Labute approximate surface area is 57.5 Å². The summed E-state index contributed by atoms with van der Waals surface area (Å²) in [6, 6.07) is 0. The van der Waals surface area contributed by atoms with Crippen molar-refractivity contribution >= 4 is 0 Å². The Hall–Kier alpha value is -0.0700. The van der Waals surface area contributed by atoms with E-state index in [2.05, 4.69) is 20.8 Å². The van der Waals surface area contributed by atoms with E-state index in [0.717, 1.165) is 12.8 Å². The molecule has 0 amide bonds. The highest BCUT2D eigenvalue weighted by atomic mass is 19.1. The molecule has 1 heteroatoms. The van der Waals surface area contributed by atoms with Gasteiger partial charge in [-0.2, -0.15) is 0 Å². The Bertz CT molecular complexity index is 59.6. The van der Waals surface area contributed by atoms with Crippen LogP contribution in [0.25, 0.3) is 0 Å². The summed E-state index contributed by atoms with van der Waals surface area (Å²) in [7, 11) is 0. The normalized spacial score (nSPS) is 14.3. The molecule has 0 radical (unpaired) electrons. The minimum Gasteiger partial charge on any atom is -0.251 e. The van der Waals surface area contributed by atoms with Gasteiger partial charge in [0, 0.05) is 0 Å². The number of alkyl halides is 1. The van der Waals surface area contributed by atoms with Gasteiger partial charge in [-0.15, -0.1) is 0 Å². The zero-order valence-corrected chi connectivity index (χ0v) is 6.65. The second-order valence-corrected chi connectivity index (χ2v) is 3.05. The Balaban J connectivity index is 3.16. The maximum Gasteiger partial charge on any atom is 0.0894 e. The van der Waals surface area contributed by atoms with Crippen LogP contribution in [0.3, 0.4) is 0 Å². The fraction of sp³-hybridized carbons (Fsp3) is 1.00. The molecule has 0 unspecified atom stereocenters. The lowest BCUT2D eigenvalue weighted by Gasteiger charge is -2.13. The Morgan fingerprint density at radius 3 is 2.11 bits per heavy atom. The van der Waals surface area contributed by atoms with Crippen LogP contribution in [0.2, 0.25) is 0 Å². The molecule has 0 aromatic carbocycles. The average molecular weight is 132 g/mol. The van der Waals surface area contributed by atoms with Crippen LogP contribution in [0.15, 0.2) is 0 Å². The third-order valence-electron chi connectivity index (χ3n) is 1.93. The summed E-state index contributed by atoms with van der Waals surface area (Å²) < 4.78 is 11.6. The van der Waals surface area contributed by atoms with Gasteiger partial charge in [0.15, 0.2) is 0 Å². The van der Waals surface area contributed by atoms with Crippen molar-refractivity contribution in [2.45, 2.75) is 33.6 Å². The minimum absolute atomic E-state index is 0.156. The third-order valence-corrected chi connectivity index (χ3v) is 1.93. The first kappa shape index (κ1) is 8.93. The van der Waals surface area contributed by atoms with Gasteiger partial charge in [0.05, 0.1) is 6.67 Å². The Kier molecular flexibility index (Phi) is 4.74. The predicted octanol–water partition coefficient (Wildman–Crippen LogP) is 3.03. The van der Waals surface area contributed by atoms with Crippen LogP contribution >= 0.6 is 0 Å². The van der Waals surface area contributed by atoms with Crippen LogP contribution in [0.4, 0.5) is 4.39 Å². The summed E-state index contributed by atoms with van der Waals surface area (Å²) in [5.74, 6) is 1.39. The van der Waals surface area contributed by atoms with E-state index in [-0.39, 0.29) is 6.67 Å². The van der Waals surface area contributed by atoms with Crippen molar-refractivity contribution in [3.8, 4) is 0 Å². The van der Waals surface area contributed by atoms with E-state index in [1.165, 1.54) is 0 Å². The van der Waals surface area contributed by atoms with Gasteiger partial charge in [-0.05, 0) is 24.7 Å². The molecule has 0 fully saturated rings. The molecular weight excluding hydrogens is 115 g/mol. The van der Waals surface area contributed by atoms with Crippen molar-refractivity contribution in [1.29, 1.82) is 0 Å². The smallest absolute Gasteiger partial charge is 0.0894 e. The van der Waals surface area contributed by atoms with Crippen LogP contribution in [-0.4, -0.2) is 6.67 Å². The molecule has 0 aromatic rings.